The van der Waals surface area contributed by atoms with Gasteiger partial charge in [0.2, 0.25) is 5.91 Å². The molecule has 0 saturated carbocycles. The van der Waals surface area contributed by atoms with Crippen LogP contribution in [-0.4, -0.2) is 48.7 Å². The fourth-order valence-corrected chi connectivity index (χ4v) is 5.18. The molecule has 1 N–H and O–H groups in total. The lowest BCUT2D eigenvalue weighted by Gasteiger charge is -2.13. The third-order valence-corrected chi connectivity index (χ3v) is 7.54. The highest BCUT2D eigenvalue weighted by atomic mass is 35.5. The zero-order valence-electron chi connectivity index (χ0n) is 21.5. The molecule has 9 nitrogen and oxygen atoms in total. The fraction of sp³-hybridized carbons (Fsp3) is 0.143. The van der Waals surface area contributed by atoms with Crippen molar-refractivity contribution >= 4 is 81.4 Å². The molecule has 4 rings (SSSR count). The van der Waals surface area contributed by atoms with Crippen molar-refractivity contribution in [2.75, 3.05) is 26.1 Å². The van der Waals surface area contributed by atoms with Gasteiger partial charge < -0.3 is 19.5 Å². The molecular formula is C28H21Cl3N2O7S. The van der Waals surface area contributed by atoms with Gasteiger partial charge in [-0.05, 0) is 65.9 Å². The molecule has 0 unspecified atom stereocenters. The van der Waals surface area contributed by atoms with Crippen LogP contribution in [0.4, 0.5) is 10.5 Å². The molecule has 0 spiro atoms. The van der Waals surface area contributed by atoms with E-state index in [9.17, 15) is 19.2 Å². The lowest BCUT2D eigenvalue weighted by molar-refractivity contribution is -0.127. The van der Waals surface area contributed by atoms with Gasteiger partial charge in [-0.25, -0.2) is 4.79 Å². The smallest absolute Gasteiger partial charge is 0.339 e. The highest BCUT2D eigenvalue weighted by Crippen LogP contribution is 2.35. The van der Waals surface area contributed by atoms with Crippen LogP contribution in [-0.2, 0) is 20.9 Å². The van der Waals surface area contributed by atoms with Gasteiger partial charge in [0.25, 0.3) is 11.1 Å². The molecule has 1 saturated heterocycles. The summed E-state index contributed by atoms with van der Waals surface area (Å²) in [6.07, 6.45) is 1.52. The van der Waals surface area contributed by atoms with E-state index >= 15 is 0 Å². The maximum Gasteiger partial charge on any atom is 0.339 e. The van der Waals surface area contributed by atoms with E-state index in [4.69, 9.17) is 44.3 Å². The Bertz CT molecular complexity index is 1580. The van der Waals surface area contributed by atoms with Crippen LogP contribution in [0.3, 0.4) is 0 Å². The Morgan fingerprint density at radius 1 is 0.951 bits per heavy atom. The molecule has 1 fully saturated rings. The van der Waals surface area contributed by atoms with Crippen molar-refractivity contribution in [2.45, 2.75) is 6.61 Å². The number of thioether (sulfide) groups is 1. The molecular weight excluding hydrogens is 615 g/mol. The molecule has 1 aliphatic rings. The molecule has 0 aliphatic carbocycles. The number of hydrogen-bond donors (Lipinski definition) is 1. The van der Waals surface area contributed by atoms with Crippen LogP contribution in [0, 0.1) is 0 Å². The standard InChI is InChI=1S/C28H21Cl3N2O7S/c1-38-23-9-15(3-8-22(23)40-14-16-4-5-17(29)11-21(16)31)10-24-26(35)33(28(37)41-24)13-25(34)32-18-6-7-20(30)19(12-18)27(36)39-2/h3-12H,13-14H2,1-2H3,(H,32,34)/b24-10+. The average Bonchev–Trinajstić information content (AvgIpc) is 3.20. The number of nitrogens with one attached hydrogen (secondary N) is 1. The number of imide groups is 1. The fourth-order valence-electron chi connectivity index (χ4n) is 3.69. The number of ether oxygens (including phenoxy) is 3. The van der Waals surface area contributed by atoms with E-state index in [1.807, 2.05) is 0 Å². The number of amides is 3. The van der Waals surface area contributed by atoms with Crippen LogP contribution < -0.4 is 14.8 Å². The zero-order valence-corrected chi connectivity index (χ0v) is 24.6. The van der Waals surface area contributed by atoms with Crippen molar-refractivity contribution in [3.8, 4) is 11.5 Å². The number of nitrogens with zero attached hydrogens (tertiary/aromatic N) is 1. The number of hydrogen-bond acceptors (Lipinski definition) is 8. The summed E-state index contributed by atoms with van der Waals surface area (Å²) in [5.41, 5.74) is 1.61. The van der Waals surface area contributed by atoms with Gasteiger partial charge in [-0.1, -0.05) is 46.9 Å². The molecule has 0 radical (unpaired) electrons. The summed E-state index contributed by atoms with van der Waals surface area (Å²) in [7, 11) is 2.68. The number of halogens is 3. The van der Waals surface area contributed by atoms with Crippen LogP contribution in [0.15, 0.2) is 59.5 Å². The van der Waals surface area contributed by atoms with E-state index in [0.717, 1.165) is 10.5 Å². The molecule has 3 amide bonds. The first-order chi connectivity index (χ1) is 19.6. The van der Waals surface area contributed by atoms with Gasteiger partial charge in [0.05, 0.1) is 29.7 Å². The Morgan fingerprint density at radius 2 is 1.73 bits per heavy atom. The first kappa shape index (κ1) is 30.3. The normalized spacial score (nSPS) is 13.9. The molecule has 3 aromatic carbocycles. The topological polar surface area (TPSA) is 111 Å². The largest absolute Gasteiger partial charge is 0.493 e. The summed E-state index contributed by atoms with van der Waals surface area (Å²) >= 11 is 18.9. The average molecular weight is 636 g/mol. The van der Waals surface area contributed by atoms with Gasteiger partial charge in [0, 0.05) is 21.3 Å². The van der Waals surface area contributed by atoms with Crippen molar-refractivity contribution in [1.29, 1.82) is 0 Å². The Balaban J connectivity index is 1.43. The van der Waals surface area contributed by atoms with E-state index < -0.39 is 29.6 Å². The predicted octanol–water partition coefficient (Wildman–Crippen LogP) is 6.70. The second-order valence-electron chi connectivity index (χ2n) is 8.44. The van der Waals surface area contributed by atoms with Crippen molar-refractivity contribution in [2.24, 2.45) is 0 Å². The van der Waals surface area contributed by atoms with Gasteiger partial charge in [0.15, 0.2) is 11.5 Å². The van der Waals surface area contributed by atoms with E-state index in [1.54, 1.807) is 36.4 Å². The molecule has 0 bridgehead atoms. The first-order valence-electron chi connectivity index (χ1n) is 11.8. The molecule has 3 aromatic rings. The summed E-state index contributed by atoms with van der Waals surface area (Å²) in [4.78, 5) is 50.9. The van der Waals surface area contributed by atoms with Crippen molar-refractivity contribution in [3.63, 3.8) is 0 Å². The van der Waals surface area contributed by atoms with Gasteiger partial charge in [-0.15, -0.1) is 0 Å². The molecule has 212 valence electrons. The summed E-state index contributed by atoms with van der Waals surface area (Å²) < 4.78 is 16.0. The maximum atomic E-state index is 13.0. The van der Waals surface area contributed by atoms with Gasteiger partial charge in [-0.2, -0.15) is 0 Å². The predicted molar refractivity (Wildman–Crippen MR) is 158 cm³/mol. The van der Waals surface area contributed by atoms with E-state index in [-0.39, 0.29) is 27.8 Å². The van der Waals surface area contributed by atoms with E-state index in [2.05, 4.69) is 10.1 Å². The second-order valence-corrected chi connectivity index (χ2v) is 10.7. The molecule has 13 heteroatoms. The number of anilines is 1. The quantitative estimate of drug-likeness (QED) is 0.204. The number of carbonyl (C=O) groups excluding carboxylic acids is 4. The Labute approximate surface area is 254 Å². The minimum absolute atomic E-state index is 0.0571. The third kappa shape index (κ3) is 7.34. The maximum absolute atomic E-state index is 13.0. The number of carbonyl (C=O) groups is 4. The summed E-state index contributed by atoms with van der Waals surface area (Å²) in [6.45, 7) is -0.353. The Hall–Kier alpha value is -3.70. The van der Waals surface area contributed by atoms with Gasteiger partial charge in [0.1, 0.15) is 13.2 Å². The highest BCUT2D eigenvalue weighted by Gasteiger charge is 2.36. The van der Waals surface area contributed by atoms with Crippen LogP contribution in [0.25, 0.3) is 6.08 Å². The molecule has 41 heavy (non-hydrogen) atoms. The van der Waals surface area contributed by atoms with Crippen LogP contribution >= 0.6 is 46.6 Å². The number of methoxy groups -OCH3 is 2. The van der Waals surface area contributed by atoms with E-state index in [0.29, 0.717) is 38.9 Å². The van der Waals surface area contributed by atoms with Crippen LogP contribution in [0.2, 0.25) is 15.1 Å². The highest BCUT2D eigenvalue weighted by molar-refractivity contribution is 8.18. The van der Waals surface area contributed by atoms with Crippen molar-refractivity contribution in [3.05, 3.63) is 91.3 Å². The van der Waals surface area contributed by atoms with Crippen molar-refractivity contribution < 1.29 is 33.4 Å². The number of esters is 1. The van der Waals surface area contributed by atoms with Crippen molar-refractivity contribution in [1.82, 2.24) is 4.90 Å². The van der Waals surface area contributed by atoms with Crippen LogP contribution in [0.1, 0.15) is 21.5 Å². The second kappa shape index (κ2) is 13.3. The van der Waals surface area contributed by atoms with Gasteiger partial charge >= 0.3 is 5.97 Å². The number of rotatable bonds is 9. The SMILES string of the molecule is COC(=O)c1cc(NC(=O)CN2C(=O)S/C(=C/c3ccc(OCc4ccc(Cl)cc4Cl)c(OC)c3)C2=O)ccc1Cl. The summed E-state index contributed by atoms with van der Waals surface area (Å²) in [5.74, 6) is -1.10. The monoisotopic (exact) mass is 634 g/mol. The lowest BCUT2D eigenvalue weighted by atomic mass is 10.1. The molecule has 0 atom stereocenters. The van der Waals surface area contributed by atoms with Crippen LogP contribution in [0.5, 0.6) is 11.5 Å². The van der Waals surface area contributed by atoms with Gasteiger partial charge in [-0.3, -0.25) is 19.3 Å². The lowest BCUT2D eigenvalue weighted by Crippen LogP contribution is -2.36. The summed E-state index contributed by atoms with van der Waals surface area (Å²) in [6, 6.07) is 14.3. The Morgan fingerprint density at radius 3 is 2.44 bits per heavy atom. The molecule has 0 aromatic heterocycles. The minimum atomic E-state index is -0.677. The zero-order chi connectivity index (χ0) is 29.7. The molecule has 1 aliphatic heterocycles. The number of benzene rings is 3. The Kier molecular flexibility index (Phi) is 9.82. The summed E-state index contributed by atoms with van der Waals surface area (Å²) in [5, 5.41) is 3.08. The first-order valence-corrected chi connectivity index (χ1v) is 13.7. The van der Waals surface area contributed by atoms with E-state index in [1.165, 1.54) is 38.5 Å². The minimum Gasteiger partial charge on any atom is -0.493 e. The third-order valence-electron chi connectivity index (χ3n) is 5.71. The molecule has 1 heterocycles.